The number of nitriles is 1. The fraction of sp³-hybridized carbons (Fsp3) is 0.310. The van der Waals surface area contributed by atoms with Crippen LogP contribution in [0.2, 0.25) is 0 Å². The van der Waals surface area contributed by atoms with Crippen molar-refractivity contribution in [2.45, 2.75) is 31.0 Å². The monoisotopic (exact) mass is 514 g/mol. The second kappa shape index (κ2) is 11.0. The molecule has 1 aromatic heterocycles. The van der Waals surface area contributed by atoms with Gasteiger partial charge in [-0.25, -0.2) is 9.37 Å². The molecule has 1 saturated heterocycles. The summed E-state index contributed by atoms with van der Waals surface area (Å²) in [5.74, 6) is 0.226. The number of carbonyl (C=O) groups excluding carboxylic acids is 2. The lowest BCUT2D eigenvalue weighted by molar-refractivity contribution is -0.138. The van der Waals surface area contributed by atoms with Gasteiger partial charge in [-0.05, 0) is 53.3 Å². The molecule has 2 fully saturated rings. The summed E-state index contributed by atoms with van der Waals surface area (Å²) in [4.78, 5) is 30.0. The topological polar surface area (TPSA) is 116 Å². The number of hydrogen-bond acceptors (Lipinski definition) is 6. The van der Waals surface area contributed by atoms with Crippen LogP contribution in [0.1, 0.15) is 29.9 Å². The number of hydrogen-bond donors (Lipinski definition) is 2. The van der Waals surface area contributed by atoms with Crippen LogP contribution in [0.3, 0.4) is 0 Å². The maximum absolute atomic E-state index is 14.7. The summed E-state index contributed by atoms with van der Waals surface area (Å²) in [5.41, 5.74) is 2.88. The van der Waals surface area contributed by atoms with Gasteiger partial charge >= 0.3 is 0 Å². The van der Waals surface area contributed by atoms with Crippen LogP contribution in [0.25, 0.3) is 11.1 Å². The number of halogens is 1. The zero-order chi connectivity index (χ0) is 26.6. The largest absolute Gasteiger partial charge is 0.486 e. The van der Waals surface area contributed by atoms with Gasteiger partial charge in [0.25, 0.3) is 0 Å². The first kappa shape index (κ1) is 25.4. The fourth-order valence-electron chi connectivity index (χ4n) is 4.86. The fourth-order valence-corrected chi connectivity index (χ4v) is 4.86. The molecular formula is C29H27FN4O4. The van der Waals surface area contributed by atoms with Gasteiger partial charge in [0.15, 0.2) is 6.17 Å². The number of nitrogens with one attached hydrogen (secondary N) is 1. The lowest BCUT2D eigenvalue weighted by Gasteiger charge is -2.34. The summed E-state index contributed by atoms with van der Waals surface area (Å²) in [7, 11) is 0. The van der Waals surface area contributed by atoms with E-state index < -0.39 is 24.8 Å². The lowest BCUT2D eigenvalue weighted by atomic mass is 10.0. The van der Waals surface area contributed by atoms with E-state index in [1.165, 1.54) is 4.90 Å². The number of amides is 2. The van der Waals surface area contributed by atoms with Crippen molar-refractivity contribution in [1.29, 1.82) is 5.26 Å². The van der Waals surface area contributed by atoms with E-state index in [0.717, 1.165) is 23.1 Å². The van der Waals surface area contributed by atoms with E-state index in [9.17, 15) is 19.2 Å². The van der Waals surface area contributed by atoms with Crippen LogP contribution in [0.15, 0.2) is 66.9 Å². The minimum absolute atomic E-state index is 0.0718. The van der Waals surface area contributed by atoms with Crippen molar-refractivity contribution in [3.63, 3.8) is 0 Å². The van der Waals surface area contributed by atoms with E-state index in [4.69, 9.17) is 9.84 Å². The summed E-state index contributed by atoms with van der Waals surface area (Å²) < 4.78 is 20.5. The van der Waals surface area contributed by atoms with Crippen LogP contribution >= 0.6 is 0 Å². The minimum Gasteiger partial charge on any atom is -0.486 e. The summed E-state index contributed by atoms with van der Waals surface area (Å²) in [6.45, 7) is -0.557. The molecule has 2 N–H and O–H groups in total. The maximum atomic E-state index is 14.7. The average Bonchev–Trinajstić information content (AvgIpc) is 3.76. The normalized spacial score (nSPS) is 22.3. The van der Waals surface area contributed by atoms with Gasteiger partial charge in [0.2, 0.25) is 11.8 Å². The first-order valence-electron chi connectivity index (χ1n) is 12.5. The Kier molecular flexibility index (Phi) is 7.33. The Balaban J connectivity index is 1.25. The molecule has 0 radical (unpaired) electrons. The van der Waals surface area contributed by atoms with Crippen molar-refractivity contribution in [3.05, 3.63) is 78.0 Å². The van der Waals surface area contributed by atoms with E-state index in [-0.39, 0.29) is 48.6 Å². The van der Waals surface area contributed by atoms with Crippen molar-refractivity contribution < 1.29 is 23.8 Å². The van der Waals surface area contributed by atoms with E-state index in [0.29, 0.717) is 5.82 Å². The Morgan fingerprint density at radius 2 is 1.95 bits per heavy atom. The third kappa shape index (κ3) is 5.50. The maximum Gasteiger partial charge on any atom is 0.248 e. The molecule has 0 spiro atoms. The van der Waals surface area contributed by atoms with Crippen LogP contribution in [-0.2, 0) is 9.59 Å². The van der Waals surface area contributed by atoms with Gasteiger partial charge in [0.1, 0.15) is 30.3 Å². The Morgan fingerprint density at radius 3 is 2.68 bits per heavy atom. The Morgan fingerprint density at radius 1 is 1.16 bits per heavy atom. The average molecular weight is 515 g/mol. The molecule has 2 aromatic carbocycles. The minimum atomic E-state index is -1.44. The molecule has 2 heterocycles. The number of aliphatic hydroxyl groups is 1. The van der Waals surface area contributed by atoms with Gasteiger partial charge in [0, 0.05) is 25.1 Å². The van der Waals surface area contributed by atoms with Gasteiger partial charge in [0.05, 0.1) is 12.1 Å². The molecule has 194 valence electrons. The summed E-state index contributed by atoms with van der Waals surface area (Å²) in [5, 5.41) is 21.6. The molecule has 1 aliphatic carbocycles. The number of carbonyl (C=O) groups is 2. The first-order chi connectivity index (χ1) is 18.5. The van der Waals surface area contributed by atoms with Crippen molar-refractivity contribution >= 4 is 17.6 Å². The highest BCUT2D eigenvalue weighted by Crippen LogP contribution is 2.47. The molecule has 38 heavy (non-hydrogen) atoms. The van der Waals surface area contributed by atoms with Crippen molar-refractivity contribution in [2.75, 3.05) is 25.0 Å². The van der Waals surface area contributed by atoms with Crippen molar-refractivity contribution in [2.24, 2.45) is 5.92 Å². The molecule has 1 aliphatic heterocycles. The summed E-state index contributed by atoms with van der Waals surface area (Å²) in [6.07, 6.45) is 0.404. The number of piperidine rings is 1. The van der Waals surface area contributed by atoms with E-state index in [2.05, 4.69) is 16.4 Å². The number of likely N-dealkylation sites (tertiary alicyclic amines) is 1. The predicted molar refractivity (Wildman–Crippen MR) is 138 cm³/mol. The molecule has 4 atom stereocenters. The van der Waals surface area contributed by atoms with Crippen LogP contribution in [0.5, 0.6) is 5.75 Å². The predicted octanol–water partition coefficient (Wildman–Crippen LogP) is 3.67. The SMILES string of the molecule is N#Cc1cc(-c2ccnc(NC(=O)[C@@H]3C[C@@H]3c3ccccc3)c2)ccc1O[C@H]1CCN(C(=O)CO)C[C@H]1F. The molecule has 5 rings (SSSR count). The molecule has 0 bridgehead atoms. The number of pyridine rings is 1. The third-order valence-corrected chi connectivity index (χ3v) is 7.05. The number of nitrogens with zero attached hydrogens (tertiary/aromatic N) is 3. The van der Waals surface area contributed by atoms with E-state index in [1.54, 1.807) is 36.5 Å². The van der Waals surface area contributed by atoms with Crippen LogP contribution < -0.4 is 10.1 Å². The lowest BCUT2D eigenvalue weighted by Crippen LogP contribution is -2.50. The zero-order valence-corrected chi connectivity index (χ0v) is 20.6. The molecule has 2 amide bonds. The quantitative estimate of drug-likeness (QED) is 0.497. The Bertz CT molecular complexity index is 1380. The van der Waals surface area contributed by atoms with Crippen molar-refractivity contribution in [3.8, 4) is 22.9 Å². The molecule has 1 saturated carbocycles. The van der Waals surface area contributed by atoms with Crippen LogP contribution in [-0.4, -0.2) is 58.8 Å². The Hall–Kier alpha value is -4.29. The van der Waals surface area contributed by atoms with Gasteiger partial charge in [-0.15, -0.1) is 0 Å². The third-order valence-electron chi connectivity index (χ3n) is 7.05. The molecule has 9 heteroatoms. The van der Waals surface area contributed by atoms with Gasteiger partial charge in [-0.1, -0.05) is 36.4 Å². The number of aromatic nitrogens is 1. The highest BCUT2D eigenvalue weighted by Gasteiger charge is 2.44. The second-order valence-corrected chi connectivity index (χ2v) is 9.56. The van der Waals surface area contributed by atoms with Gasteiger partial charge < -0.3 is 20.1 Å². The first-order valence-corrected chi connectivity index (χ1v) is 12.5. The zero-order valence-electron chi connectivity index (χ0n) is 20.6. The molecule has 3 aromatic rings. The number of aliphatic hydroxyl groups excluding tert-OH is 1. The van der Waals surface area contributed by atoms with Crippen LogP contribution in [0.4, 0.5) is 10.2 Å². The smallest absolute Gasteiger partial charge is 0.248 e. The van der Waals surface area contributed by atoms with E-state index >= 15 is 0 Å². The molecule has 2 aliphatic rings. The highest BCUT2D eigenvalue weighted by atomic mass is 19.1. The highest BCUT2D eigenvalue weighted by molar-refractivity contribution is 5.95. The Labute approximate surface area is 219 Å². The number of ether oxygens (including phenoxy) is 1. The van der Waals surface area contributed by atoms with Gasteiger partial charge in [-0.2, -0.15) is 5.26 Å². The number of benzene rings is 2. The molecular weight excluding hydrogens is 487 g/mol. The van der Waals surface area contributed by atoms with Crippen LogP contribution in [0, 0.1) is 17.2 Å². The number of rotatable bonds is 7. The summed E-state index contributed by atoms with van der Waals surface area (Å²) >= 11 is 0. The van der Waals surface area contributed by atoms with Crippen molar-refractivity contribution in [1.82, 2.24) is 9.88 Å². The number of alkyl halides is 1. The number of anilines is 1. The molecule has 8 nitrogen and oxygen atoms in total. The molecule has 0 unspecified atom stereocenters. The van der Waals surface area contributed by atoms with Gasteiger partial charge in [-0.3, -0.25) is 9.59 Å². The second-order valence-electron chi connectivity index (χ2n) is 9.56. The summed E-state index contributed by atoms with van der Waals surface area (Å²) in [6, 6.07) is 20.6. The van der Waals surface area contributed by atoms with E-state index in [1.807, 2.05) is 30.3 Å². The standard InChI is InChI=1S/C29H27FN4O4/c30-24-16-34(28(36)17-35)11-9-26(24)38-25-7-6-19(12-21(25)15-31)20-8-10-32-27(13-20)33-29(37)23-14-22(23)18-4-2-1-3-5-18/h1-8,10,12-13,22-24,26,35H,9,11,14,16-17H2,(H,32,33,37)/t22-,23-,24-,26+/m1/s1.